The van der Waals surface area contributed by atoms with Crippen molar-refractivity contribution in [2.45, 2.75) is 5.92 Å². The molecule has 0 bridgehead atoms. The molecule has 0 amide bonds. The largest absolute Gasteiger partial charge is 0.481 e. The van der Waals surface area contributed by atoms with Gasteiger partial charge in [-0.15, -0.1) is 0 Å². The van der Waals surface area contributed by atoms with Gasteiger partial charge in [0, 0.05) is 19.0 Å². The Morgan fingerprint density at radius 2 is 2.06 bits per heavy atom. The first-order valence-corrected chi connectivity index (χ1v) is 6.11. The maximum atomic E-state index is 11.2. The minimum atomic E-state index is -0.759. The maximum Gasteiger partial charge on any atom is 0.308 e. The number of hydrogen-bond acceptors (Lipinski definition) is 2. The summed E-state index contributed by atoms with van der Waals surface area (Å²) in [5.74, 6) is -1.16. The summed E-state index contributed by atoms with van der Waals surface area (Å²) in [6.07, 6.45) is 0. The van der Waals surface area contributed by atoms with Crippen LogP contribution in [0.5, 0.6) is 0 Å². The molecule has 0 aromatic heterocycles. The van der Waals surface area contributed by atoms with Crippen LogP contribution < -0.4 is 0 Å². The van der Waals surface area contributed by atoms with Crippen molar-refractivity contribution in [2.24, 2.45) is 5.92 Å². The lowest BCUT2D eigenvalue weighted by Crippen LogP contribution is -2.21. The van der Waals surface area contributed by atoms with Gasteiger partial charge in [-0.25, -0.2) is 0 Å². The predicted octanol–water partition coefficient (Wildman–Crippen LogP) is 2.72. The zero-order chi connectivity index (χ0) is 12.6. The van der Waals surface area contributed by atoms with Gasteiger partial charge in [0.2, 0.25) is 0 Å². The molecule has 0 aliphatic carbocycles. The molecule has 1 aromatic rings. The van der Waals surface area contributed by atoms with Crippen LogP contribution in [0, 0.1) is 5.92 Å². The molecule has 2 unspecified atom stereocenters. The highest BCUT2D eigenvalue weighted by atomic mass is 35.5. The second kappa shape index (κ2) is 4.84. The Labute approximate surface area is 110 Å². The summed E-state index contributed by atoms with van der Waals surface area (Å²) >= 11 is 11.8. The molecule has 1 N–H and O–H groups in total. The van der Waals surface area contributed by atoms with E-state index in [-0.39, 0.29) is 11.8 Å². The Balaban J connectivity index is 2.31. The molecule has 1 heterocycles. The highest BCUT2D eigenvalue weighted by Crippen LogP contribution is 2.35. The highest BCUT2D eigenvalue weighted by molar-refractivity contribution is 6.42. The van der Waals surface area contributed by atoms with Crippen LogP contribution in [0.2, 0.25) is 10.0 Å². The predicted molar refractivity (Wildman–Crippen MR) is 67.8 cm³/mol. The molecular weight excluding hydrogens is 261 g/mol. The van der Waals surface area contributed by atoms with Crippen LogP contribution >= 0.6 is 23.2 Å². The van der Waals surface area contributed by atoms with Crippen LogP contribution in [-0.2, 0) is 4.79 Å². The van der Waals surface area contributed by atoms with Crippen molar-refractivity contribution in [3.8, 4) is 0 Å². The van der Waals surface area contributed by atoms with Crippen LogP contribution in [-0.4, -0.2) is 36.1 Å². The molecule has 3 nitrogen and oxygen atoms in total. The number of hydrogen-bond donors (Lipinski definition) is 1. The van der Waals surface area contributed by atoms with Gasteiger partial charge in [0.1, 0.15) is 0 Å². The van der Waals surface area contributed by atoms with E-state index in [1.165, 1.54) is 0 Å². The van der Waals surface area contributed by atoms with Crippen molar-refractivity contribution < 1.29 is 9.90 Å². The van der Waals surface area contributed by atoms with Gasteiger partial charge in [-0.1, -0.05) is 29.3 Å². The lowest BCUT2D eigenvalue weighted by Gasteiger charge is -2.15. The minimum Gasteiger partial charge on any atom is -0.481 e. The van der Waals surface area contributed by atoms with E-state index in [0.717, 1.165) is 12.1 Å². The minimum absolute atomic E-state index is 0.0210. The molecule has 5 heteroatoms. The third kappa shape index (κ3) is 2.57. The summed E-state index contributed by atoms with van der Waals surface area (Å²) in [5.41, 5.74) is 0.941. The van der Waals surface area contributed by atoms with Crippen molar-refractivity contribution in [2.75, 3.05) is 20.1 Å². The molecule has 1 saturated heterocycles. The number of aliphatic carboxylic acids is 1. The van der Waals surface area contributed by atoms with E-state index in [1.807, 2.05) is 18.0 Å². The van der Waals surface area contributed by atoms with Gasteiger partial charge in [0.05, 0.1) is 16.0 Å². The molecular formula is C12H13Cl2NO2. The number of carboxylic acids is 1. The molecule has 1 aliphatic heterocycles. The summed E-state index contributed by atoms with van der Waals surface area (Å²) in [7, 11) is 1.92. The van der Waals surface area contributed by atoms with Crippen LogP contribution in [0.4, 0.5) is 0 Å². The van der Waals surface area contributed by atoms with Crippen molar-refractivity contribution in [1.82, 2.24) is 4.90 Å². The monoisotopic (exact) mass is 273 g/mol. The van der Waals surface area contributed by atoms with E-state index in [4.69, 9.17) is 23.2 Å². The number of carboxylic acid groups (broad SMARTS) is 1. The van der Waals surface area contributed by atoms with Crippen molar-refractivity contribution >= 4 is 29.2 Å². The maximum absolute atomic E-state index is 11.2. The van der Waals surface area contributed by atoms with Crippen LogP contribution in [0.15, 0.2) is 18.2 Å². The summed E-state index contributed by atoms with van der Waals surface area (Å²) in [4.78, 5) is 13.2. The Bertz CT molecular complexity index is 450. The van der Waals surface area contributed by atoms with E-state index in [0.29, 0.717) is 16.6 Å². The summed E-state index contributed by atoms with van der Waals surface area (Å²) in [5, 5.41) is 10.2. The number of nitrogens with zero attached hydrogens (tertiary/aromatic N) is 1. The number of likely N-dealkylation sites (N-methyl/N-ethyl adjacent to an activating group) is 1. The molecule has 2 rings (SSSR count). The summed E-state index contributed by atoms with van der Waals surface area (Å²) in [6, 6.07) is 5.34. The van der Waals surface area contributed by atoms with E-state index >= 15 is 0 Å². The van der Waals surface area contributed by atoms with Gasteiger partial charge >= 0.3 is 5.97 Å². The Morgan fingerprint density at radius 1 is 1.35 bits per heavy atom. The second-order valence-electron chi connectivity index (χ2n) is 4.45. The lowest BCUT2D eigenvalue weighted by atomic mass is 9.89. The van der Waals surface area contributed by atoms with Gasteiger partial charge in [-0.2, -0.15) is 0 Å². The highest BCUT2D eigenvalue weighted by Gasteiger charge is 2.37. The van der Waals surface area contributed by atoms with E-state index in [1.54, 1.807) is 12.1 Å². The molecule has 0 saturated carbocycles. The summed E-state index contributed by atoms with van der Waals surface area (Å²) in [6.45, 7) is 1.30. The van der Waals surface area contributed by atoms with Gasteiger partial charge in [-0.05, 0) is 24.7 Å². The van der Waals surface area contributed by atoms with Crippen molar-refractivity contribution in [1.29, 1.82) is 0 Å². The average Bonchev–Trinajstić information content (AvgIpc) is 2.64. The topological polar surface area (TPSA) is 40.5 Å². The van der Waals surface area contributed by atoms with Gasteiger partial charge < -0.3 is 10.0 Å². The zero-order valence-corrected chi connectivity index (χ0v) is 10.9. The fourth-order valence-electron chi connectivity index (χ4n) is 2.33. The molecule has 17 heavy (non-hydrogen) atoms. The SMILES string of the molecule is CN1CC(C(=O)O)C(c2ccc(Cl)c(Cl)c2)C1. The first kappa shape index (κ1) is 12.7. The molecule has 1 fully saturated rings. The van der Waals surface area contributed by atoms with Crippen LogP contribution in [0.1, 0.15) is 11.5 Å². The first-order valence-electron chi connectivity index (χ1n) is 5.35. The number of likely N-dealkylation sites (tertiary alicyclic amines) is 1. The number of rotatable bonds is 2. The van der Waals surface area contributed by atoms with Crippen molar-refractivity contribution in [3.05, 3.63) is 33.8 Å². The van der Waals surface area contributed by atoms with E-state index in [9.17, 15) is 9.90 Å². The molecule has 92 valence electrons. The molecule has 0 spiro atoms. The average molecular weight is 274 g/mol. The Hall–Kier alpha value is -0.770. The third-order valence-corrected chi connectivity index (χ3v) is 3.93. The quantitative estimate of drug-likeness (QED) is 0.901. The number of halogens is 2. The van der Waals surface area contributed by atoms with Crippen LogP contribution in [0.25, 0.3) is 0 Å². The number of carbonyl (C=O) groups is 1. The molecule has 1 aromatic carbocycles. The second-order valence-corrected chi connectivity index (χ2v) is 5.26. The Kier molecular flexibility index (Phi) is 3.61. The smallest absolute Gasteiger partial charge is 0.308 e. The summed E-state index contributed by atoms with van der Waals surface area (Å²) < 4.78 is 0. The van der Waals surface area contributed by atoms with E-state index in [2.05, 4.69) is 0 Å². The van der Waals surface area contributed by atoms with Gasteiger partial charge in [0.25, 0.3) is 0 Å². The zero-order valence-electron chi connectivity index (χ0n) is 9.36. The Morgan fingerprint density at radius 3 is 2.65 bits per heavy atom. The third-order valence-electron chi connectivity index (χ3n) is 3.19. The standard InChI is InChI=1S/C12H13Cl2NO2/c1-15-5-8(9(6-15)12(16)17)7-2-3-10(13)11(14)4-7/h2-4,8-9H,5-6H2,1H3,(H,16,17). The first-order chi connectivity index (χ1) is 7.99. The fraction of sp³-hybridized carbons (Fsp3) is 0.417. The van der Waals surface area contributed by atoms with E-state index < -0.39 is 5.97 Å². The van der Waals surface area contributed by atoms with Crippen molar-refractivity contribution in [3.63, 3.8) is 0 Å². The van der Waals surface area contributed by atoms with Gasteiger partial charge in [-0.3, -0.25) is 4.79 Å². The molecule has 2 atom stereocenters. The fourth-order valence-corrected chi connectivity index (χ4v) is 2.64. The normalized spacial score (nSPS) is 25.1. The number of benzene rings is 1. The lowest BCUT2D eigenvalue weighted by molar-refractivity contribution is -0.141. The van der Waals surface area contributed by atoms with Gasteiger partial charge in [0.15, 0.2) is 0 Å². The molecule has 1 aliphatic rings. The molecule has 0 radical (unpaired) electrons. The van der Waals surface area contributed by atoms with Crippen LogP contribution in [0.3, 0.4) is 0 Å².